The summed E-state index contributed by atoms with van der Waals surface area (Å²) in [7, 11) is 3.50. The Kier molecular flexibility index (Phi) is 8.04. The van der Waals surface area contributed by atoms with Crippen molar-refractivity contribution in [2.45, 2.75) is 30.7 Å². The summed E-state index contributed by atoms with van der Waals surface area (Å²) in [6.45, 7) is 1.29. The molecule has 0 aliphatic carbocycles. The molecule has 10 heteroatoms. The van der Waals surface area contributed by atoms with Gasteiger partial charge in [-0.15, -0.1) is 0 Å². The Bertz CT molecular complexity index is 362. The van der Waals surface area contributed by atoms with E-state index < -0.39 is 31.9 Å². The zero-order chi connectivity index (χ0) is 15.9. The number of hydrogen-bond acceptors (Lipinski definition) is 7. The van der Waals surface area contributed by atoms with Crippen LogP contribution in [0, 0.1) is 0 Å². The van der Waals surface area contributed by atoms with E-state index >= 15 is 0 Å². The van der Waals surface area contributed by atoms with Gasteiger partial charge >= 0.3 is 7.60 Å². The predicted octanol–water partition coefficient (Wildman–Crippen LogP) is -0.325. The summed E-state index contributed by atoms with van der Waals surface area (Å²) in [6.07, 6.45) is -1.27. The summed E-state index contributed by atoms with van der Waals surface area (Å²) in [4.78, 5) is 19.5. The molecule has 1 aliphatic rings. The zero-order valence-corrected chi connectivity index (χ0v) is 12.9. The first-order chi connectivity index (χ1) is 9.89. The quantitative estimate of drug-likeness (QED) is 0.192. The molecule has 1 rings (SSSR count). The fourth-order valence-electron chi connectivity index (χ4n) is 1.91. The molecule has 0 saturated carbocycles. The van der Waals surface area contributed by atoms with Crippen molar-refractivity contribution in [2.24, 2.45) is 0 Å². The van der Waals surface area contributed by atoms with E-state index in [1.807, 2.05) is 0 Å². The molecule has 0 amide bonds. The van der Waals surface area contributed by atoms with Crippen LogP contribution in [0.1, 0.15) is 6.42 Å². The molecule has 2 radical (unpaired) electrons. The number of rotatable bonds is 10. The third-order valence-electron chi connectivity index (χ3n) is 2.72. The van der Waals surface area contributed by atoms with Gasteiger partial charge in [0.2, 0.25) is 0 Å². The van der Waals surface area contributed by atoms with Crippen molar-refractivity contribution in [3.05, 3.63) is 0 Å². The molecule has 1 aliphatic heterocycles. The van der Waals surface area contributed by atoms with E-state index in [0.29, 0.717) is 0 Å². The lowest BCUT2D eigenvalue weighted by Crippen LogP contribution is -2.39. The van der Waals surface area contributed by atoms with Crippen LogP contribution in [0.5, 0.6) is 0 Å². The Morgan fingerprint density at radius 3 is 2.71 bits per heavy atom. The largest absolute Gasteiger partial charge is 0.382 e. The Labute approximate surface area is 125 Å². The van der Waals surface area contributed by atoms with Gasteiger partial charge in [-0.2, -0.15) is 0 Å². The number of carbonyl (C=O) groups excluding carboxylic acids is 1. The lowest BCUT2D eigenvalue weighted by molar-refractivity contribution is -0.121. The molecule has 0 aromatic carbocycles. The van der Waals surface area contributed by atoms with Crippen LogP contribution in [0.25, 0.3) is 0 Å². The zero-order valence-electron chi connectivity index (χ0n) is 12.0. The van der Waals surface area contributed by atoms with Crippen molar-refractivity contribution in [3.63, 3.8) is 0 Å². The van der Waals surface area contributed by atoms with Crippen LogP contribution in [0.3, 0.4) is 0 Å². The molecular formula is C11H20BO8P. The van der Waals surface area contributed by atoms with Crippen LogP contribution in [-0.4, -0.2) is 77.1 Å². The van der Waals surface area contributed by atoms with Crippen molar-refractivity contribution < 1.29 is 37.7 Å². The average Bonchev–Trinajstić information content (AvgIpc) is 2.65. The molecule has 0 spiro atoms. The van der Waals surface area contributed by atoms with Gasteiger partial charge in [0.15, 0.2) is 0 Å². The Morgan fingerprint density at radius 1 is 1.43 bits per heavy atom. The lowest BCUT2D eigenvalue weighted by atomic mass is 9.93. The maximum absolute atomic E-state index is 11.5. The minimum atomic E-state index is -3.75. The Hall–Kier alpha value is -0.275. The van der Waals surface area contributed by atoms with Gasteiger partial charge in [-0.3, -0.25) is 9.09 Å². The number of carbonyl (C=O) groups is 1. The molecule has 1 saturated heterocycles. The summed E-state index contributed by atoms with van der Waals surface area (Å²) in [5, 5.41) is 0. The SMILES string of the molecule is [B][C@@H]1O[C@H](COC)C(OP(C)(=O)O)[C@@H]1OCOCCC=O. The van der Waals surface area contributed by atoms with Gasteiger partial charge in [0.05, 0.1) is 13.2 Å². The molecule has 120 valence electrons. The van der Waals surface area contributed by atoms with E-state index in [9.17, 15) is 14.3 Å². The smallest absolute Gasteiger partial charge is 0.325 e. The molecule has 2 unspecified atom stereocenters. The second kappa shape index (κ2) is 9.00. The summed E-state index contributed by atoms with van der Waals surface area (Å²) < 4.78 is 37.4. The Balaban J connectivity index is 2.59. The maximum Gasteiger partial charge on any atom is 0.325 e. The highest BCUT2D eigenvalue weighted by atomic mass is 31.2. The molecule has 1 fully saturated rings. The van der Waals surface area contributed by atoms with Gasteiger partial charge in [0.1, 0.15) is 39.2 Å². The molecule has 1 N–H and O–H groups in total. The van der Waals surface area contributed by atoms with E-state index in [-0.39, 0.29) is 26.4 Å². The summed E-state index contributed by atoms with van der Waals surface area (Å²) in [5.41, 5.74) is 0. The molecule has 0 bridgehead atoms. The van der Waals surface area contributed by atoms with Crippen LogP contribution in [0.15, 0.2) is 0 Å². The van der Waals surface area contributed by atoms with Crippen LogP contribution in [0.2, 0.25) is 0 Å². The first-order valence-electron chi connectivity index (χ1n) is 6.40. The third kappa shape index (κ3) is 6.56. The van der Waals surface area contributed by atoms with Crippen molar-refractivity contribution >= 4 is 21.7 Å². The summed E-state index contributed by atoms with van der Waals surface area (Å²) >= 11 is 0. The second-order valence-electron chi connectivity index (χ2n) is 4.58. The molecule has 0 aromatic heterocycles. The molecule has 21 heavy (non-hydrogen) atoms. The van der Waals surface area contributed by atoms with Gasteiger partial charge in [-0.25, -0.2) is 0 Å². The van der Waals surface area contributed by atoms with E-state index in [4.69, 9.17) is 31.3 Å². The normalized spacial score (nSPS) is 32.0. The van der Waals surface area contributed by atoms with E-state index in [1.54, 1.807) is 0 Å². The van der Waals surface area contributed by atoms with Crippen LogP contribution in [-0.2, 0) is 32.8 Å². The highest BCUT2D eigenvalue weighted by Gasteiger charge is 2.46. The number of ether oxygens (including phenoxy) is 4. The van der Waals surface area contributed by atoms with Crippen molar-refractivity contribution in [1.29, 1.82) is 0 Å². The van der Waals surface area contributed by atoms with Crippen LogP contribution in [0.4, 0.5) is 0 Å². The van der Waals surface area contributed by atoms with E-state index in [1.165, 1.54) is 7.11 Å². The number of aldehydes is 1. The highest BCUT2D eigenvalue weighted by molar-refractivity contribution is 7.51. The fraction of sp³-hybridized carbons (Fsp3) is 0.909. The minimum absolute atomic E-state index is 0.130. The molecule has 8 nitrogen and oxygen atoms in total. The fourth-order valence-corrected chi connectivity index (χ4v) is 2.62. The van der Waals surface area contributed by atoms with E-state index in [0.717, 1.165) is 13.0 Å². The lowest BCUT2D eigenvalue weighted by Gasteiger charge is -2.24. The average molecular weight is 322 g/mol. The minimum Gasteiger partial charge on any atom is -0.382 e. The van der Waals surface area contributed by atoms with Gasteiger partial charge in [-0.1, -0.05) is 0 Å². The third-order valence-corrected chi connectivity index (χ3v) is 3.35. The van der Waals surface area contributed by atoms with Crippen molar-refractivity contribution in [3.8, 4) is 0 Å². The topological polar surface area (TPSA) is 101 Å². The Morgan fingerprint density at radius 2 is 2.14 bits per heavy atom. The molecule has 0 aromatic rings. The summed E-state index contributed by atoms with van der Waals surface area (Å²) in [6, 6.07) is -0.837. The monoisotopic (exact) mass is 322 g/mol. The van der Waals surface area contributed by atoms with Crippen LogP contribution >= 0.6 is 7.60 Å². The van der Waals surface area contributed by atoms with Crippen LogP contribution < -0.4 is 0 Å². The highest BCUT2D eigenvalue weighted by Crippen LogP contribution is 2.42. The molecule has 1 heterocycles. The van der Waals surface area contributed by atoms with Gasteiger partial charge in [0, 0.05) is 26.2 Å². The summed E-state index contributed by atoms with van der Waals surface area (Å²) in [5.74, 6) is 0. The molecular weight excluding hydrogens is 302 g/mol. The van der Waals surface area contributed by atoms with Gasteiger partial charge in [0.25, 0.3) is 0 Å². The number of methoxy groups -OCH3 is 1. The van der Waals surface area contributed by atoms with Crippen molar-refractivity contribution in [1.82, 2.24) is 0 Å². The van der Waals surface area contributed by atoms with Gasteiger partial charge in [-0.05, 0) is 0 Å². The first-order valence-corrected chi connectivity index (χ1v) is 8.43. The predicted molar refractivity (Wildman–Crippen MR) is 73.3 cm³/mol. The van der Waals surface area contributed by atoms with Crippen molar-refractivity contribution in [2.75, 3.05) is 33.8 Å². The maximum atomic E-state index is 11.5. The second-order valence-corrected chi connectivity index (χ2v) is 6.40. The van der Waals surface area contributed by atoms with E-state index in [2.05, 4.69) is 0 Å². The standard InChI is InChI=1S/C11H20BO8P/c1-16-6-8-9(20-21(2,14)15)10(11(12)19-8)18-7-17-5-3-4-13/h4,8-11H,3,5-7H2,1-2H3,(H,14,15)/t8-,9?,10+,11-/m1/s1. The van der Waals surface area contributed by atoms with Gasteiger partial charge < -0.3 is 28.6 Å². The number of hydrogen-bond donors (Lipinski definition) is 1. The first kappa shape index (κ1) is 18.8. The molecule has 5 atom stereocenters.